The van der Waals surface area contributed by atoms with Crippen molar-refractivity contribution in [2.75, 3.05) is 6.61 Å². The molecule has 0 saturated heterocycles. The zero-order valence-electron chi connectivity index (χ0n) is 11.9. The molecular weight excluding hydrogens is 253 g/mol. The minimum Gasteiger partial charge on any atom is -0.494 e. The summed E-state index contributed by atoms with van der Waals surface area (Å²) in [5, 5.41) is 3.33. The Bertz CT molecular complexity index is 556. The fourth-order valence-corrected chi connectivity index (χ4v) is 2.15. The summed E-state index contributed by atoms with van der Waals surface area (Å²) in [6.07, 6.45) is 0. The lowest BCUT2D eigenvalue weighted by molar-refractivity contribution is 0.334. The SMILES string of the molecule is CCOc1ccccc1CNC(C)c1ccccc1F. The third-order valence-corrected chi connectivity index (χ3v) is 3.24. The summed E-state index contributed by atoms with van der Waals surface area (Å²) in [6.45, 7) is 5.21. The second-order valence-electron chi connectivity index (χ2n) is 4.66. The summed E-state index contributed by atoms with van der Waals surface area (Å²) >= 11 is 0. The van der Waals surface area contributed by atoms with Crippen LogP contribution in [-0.4, -0.2) is 6.61 Å². The van der Waals surface area contributed by atoms with Crippen molar-refractivity contribution in [3.63, 3.8) is 0 Å². The van der Waals surface area contributed by atoms with Crippen molar-refractivity contribution in [1.29, 1.82) is 0 Å². The van der Waals surface area contributed by atoms with Crippen molar-refractivity contribution in [3.05, 3.63) is 65.5 Å². The molecule has 106 valence electrons. The number of para-hydroxylation sites is 1. The Morgan fingerprint density at radius 1 is 1.10 bits per heavy atom. The second-order valence-corrected chi connectivity index (χ2v) is 4.66. The van der Waals surface area contributed by atoms with E-state index < -0.39 is 0 Å². The lowest BCUT2D eigenvalue weighted by atomic mass is 10.1. The molecule has 0 aliphatic heterocycles. The highest BCUT2D eigenvalue weighted by molar-refractivity contribution is 5.33. The summed E-state index contributed by atoms with van der Waals surface area (Å²) in [6, 6.07) is 14.7. The number of hydrogen-bond donors (Lipinski definition) is 1. The van der Waals surface area contributed by atoms with E-state index in [0.29, 0.717) is 18.7 Å². The van der Waals surface area contributed by atoms with Gasteiger partial charge in [-0.05, 0) is 26.0 Å². The Kier molecular flexibility index (Phi) is 5.13. The molecule has 0 spiro atoms. The van der Waals surface area contributed by atoms with Crippen LogP contribution < -0.4 is 10.1 Å². The Hall–Kier alpha value is -1.87. The molecule has 1 N–H and O–H groups in total. The molecule has 1 atom stereocenters. The smallest absolute Gasteiger partial charge is 0.127 e. The number of halogens is 1. The van der Waals surface area contributed by atoms with Gasteiger partial charge in [0.2, 0.25) is 0 Å². The van der Waals surface area contributed by atoms with E-state index in [1.54, 1.807) is 12.1 Å². The minimum atomic E-state index is -0.175. The van der Waals surface area contributed by atoms with Crippen molar-refractivity contribution >= 4 is 0 Å². The van der Waals surface area contributed by atoms with E-state index in [4.69, 9.17) is 4.74 Å². The largest absolute Gasteiger partial charge is 0.494 e. The van der Waals surface area contributed by atoms with Crippen LogP contribution in [0.25, 0.3) is 0 Å². The Balaban J connectivity index is 2.04. The summed E-state index contributed by atoms with van der Waals surface area (Å²) in [5.74, 6) is 0.703. The molecule has 0 amide bonds. The molecule has 2 aromatic carbocycles. The third kappa shape index (κ3) is 3.58. The maximum absolute atomic E-state index is 13.7. The van der Waals surface area contributed by atoms with E-state index in [1.807, 2.05) is 44.2 Å². The molecule has 2 rings (SSSR count). The van der Waals surface area contributed by atoms with E-state index in [2.05, 4.69) is 5.32 Å². The Morgan fingerprint density at radius 3 is 2.55 bits per heavy atom. The zero-order chi connectivity index (χ0) is 14.4. The molecule has 0 saturated carbocycles. The number of rotatable bonds is 6. The molecule has 2 aromatic rings. The van der Waals surface area contributed by atoms with Crippen LogP contribution in [0.3, 0.4) is 0 Å². The number of nitrogens with one attached hydrogen (secondary N) is 1. The summed E-state index contributed by atoms with van der Waals surface area (Å²) in [7, 11) is 0. The molecule has 2 nitrogen and oxygen atoms in total. The van der Waals surface area contributed by atoms with Gasteiger partial charge in [0.1, 0.15) is 11.6 Å². The van der Waals surface area contributed by atoms with Gasteiger partial charge in [0.25, 0.3) is 0 Å². The number of hydrogen-bond acceptors (Lipinski definition) is 2. The van der Waals surface area contributed by atoms with Gasteiger partial charge in [0.15, 0.2) is 0 Å². The first-order valence-corrected chi connectivity index (χ1v) is 6.91. The fraction of sp³-hybridized carbons (Fsp3) is 0.294. The van der Waals surface area contributed by atoms with E-state index in [9.17, 15) is 4.39 Å². The van der Waals surface area contributed by atoms with Crippen LogP contribution in [0, 0.1) is 5.82 Å². The average Bonchev–Trinajstić information content (AvgIpc) is 2.47. The molecule has 0 aliphatic carbocycles. The van der Waals surface area contributed by atoms with Crippen LogP contribution in [0.5, 0.6) is 5.75 Å². The van der Waals surface area contributed by atoms with Crippen LogP contribution >= 0.6 is 0 Å². The van der Waals surface area contributed by atoms with Crippen LogP contribution in [0.4, 0.5) is 4.39 Å². The highest BCUT2D eigenvalue weighted by Crippen LogP contribution is 2.20. The molecule has 3 heteroatoms. The van der Waals surface area contributed by atoms with Crippen molar-refractivity contribution in [1.82, 2.24) is 5.32 Å². The zero-order valence-corrected chi connectivity index (χ0v) is 11.9. The number of ether oxygens (including phenoxy) is 1. The summed E-state index contributed by atoms with van der Waals surface area (Å²) in [4.78, 5) is 0. The molecule has 0 aromatic heterocycles. The first-order chi connectivity index (χ1) is 9.72. The van der Waals surface area contributed by atoms with E-state index in [0.717, 1.165) is 11.3 Å². The van der Waals surface area contributed by atoms with E-state index in [1.165, 1.54) is 6.07 Å². The van der Waals surface area contributed by atoms with Gasteiger partial charge in [-0.3, -0.25) is 0 Å². The lowest BCUT2D eigenvalue weighted by Crippen LogP contribution is -2.19. The maximum atomic E-state index is 13.7. The number of benzene rings is 2. The van der Waals surface area contributed by atoms with E-state index in [-0.39, 0.29) is 11.9 Å². The molecule has 0 aliphatic rings. The predicted molar refractivity (Wildman–Crippen MR) is 79.3 cm³/mol. The molecule has 20 heavy (non-hydrogen) atoms. The van der Waals surface area contributed by atoms with Gasteiger partial charge in [-0.15, -0.1) is 0 Å². The van der Waals surface area contributed by atoms with Crippen molar-refractivity contribution in [2.24, 2.45) is 0 Å². The molecule has 1 unspecified atom stereocenters. The minimum absolute atomic E-state index is 0.0501. The van der Waals surface area contributed by atoms with Crippen molar-refractivity contribution in [2.45, 2.75) is 26.4 Å². The normalized spacial score (nSPS) is 12.2. The van der Waals surface area contributed by atoms with Crippen LogP contribution in [0.15, 0.2) is 48.5 Å². The third-order valence-electron chi connectivity index (χ3n) is 3.24. The molecule has 0 bridgehead atoms. The molecular formula is C17H20FNO. The summed E-state index contributed by atoms with van der Waals surface area (Å²) < 4.78 is 19.3. The Morgan fingerprint density at radius 2 is 1.80 bits per heavy atom. The topological polar surface area (TPSA) is 21.3 Å². The van der Waals surface area contributed by atoms with Gasteiger partial charge in [0.05, 0.1) is 6.61 Å². The first-order valence-electron chi connectivity index (χ1n) is 6.91. The monoisotopic (exact) mass is 273 g/mol. The quantitative estimate of drug-likeness (QED) is 0.856. The highest BCUT2D eigenvalue weighted by atomic mass is 19.1. The highest BCUT2D eigenvalue weighted by Gasteiger charge is 2.10. The van der Waals surface area contributed by atoms with Gasteiger partial charge in [-0.25, -0.2) is 4.39 Å². The van der Waals surface area contributed by atoms with Crippen LogP contribution in [0.2, 0.25) is 0 Å². The van der Waals surface area contributed by atoms with Gasteiger partial charge in [0, 0.05) is 23.7 Å². The van der Waals surface area contributed by atoms with Gasteiger partial charge in [-0.1, -0.05) is 36.4 Å². The maximum Gasteiger partial charge on any atom is 0.127 e. The van der Waals surface area contributed by atoms with Gasteiger partial charge in [-0.2, -0.15) is 0 Å². The lowest BCUT2D eigenvalue weighted by Gasteiger charge is -2.16. The standard InChI is InChI=1S/C17H20FNO/c1-3-20-17-11-7-4-8-14(17)12-19-13(2)15-9-5-6-10-16(15)18/h4-11,13,19H,3,12H2,1-2H3. The molecule has 0 radical (unpaired) electrons. The predicted octanol–water partition coefficient (Wildman–Crippen LogP) is 4.08. The van der Waals surface area contributed by atoms with Gasteiger partial charge >= 0.3 is 0 Å². The average molecular weight is 273 g/mol. The van der Waals surface area contributed by atoms with E-state index >= 15 is 0 Å². The van der Waals surface area contributed by atoms with Crippen molar-refractivity contribution in [3.8, 4) is 5.75 Å². The molecule has 0 fully saturated rings. The fourth-order valence-electron chi connectivity index (χ4n) is 2.15. The van der Waals surface area contributed by atoms with Crippen LogP contribution in [-0.2, 0) is 6.54 Å². The molecule has 0 heterocycles. The van der Waals surface area contributed by atoms with Gasteiger partial charge < -0.3 is 10.1 Å². The Labute approximate surface area is 119 Å². The van der Waals surface area contributed by atoms with Crippen LogP contribution in [0.1, 0.15) is 31.0 Å². The summed E-state index contributed by atoms with van der Waals surface area (Å²) in [5.41, 5.74) is 1.76. The second kappa shape index (κ2) is 7.06. The first kappa shape index (κ1) is 14.5. The van der Waals surface area contributed by atoms with Crippen molar-refractivity contribution < 1.29 is 9.13 Å².